The SMILES string of the molecule is c1cc2ncc(-c3nc4c(c(C5CC5)n3)CNC4)cc2s1. The molecule has 0 amide bonds. The van der Waals surface area contributed by atoms with E-state index in [1.165, 1.54) is 34.5 Å². The van der Waals surface area contributed by atoms with Crippen molar-refractivity contribution < 1.29 is 0 Å². The van der Waals surface area contributed by atoms with Crippen LogP contribution in [0.1, 0.15) is 35.7 Å². The van der Waals surface area contributed by atoms with Crippen molar-refractivity contribution in [3.05, 3.63) is 40.7 Å². The first kappa shape index (κ1) is 11.8. The topological polar surface area (TPSA) is 50.7 Å². The molecule has 0 saturated heterocycles. The van der Waals surface area contributed by atoms with Crippen LogP contribution in [0.4, 0.5) is 0 Å². The fourth-order valence-corrected chi connectivity index (χ4v) is 3.77. The average Bonchev–Trinajstić information content (AvgIpc) is 3.07. The Morgan fingerprint density at radius 1 is 1.19 bits per heavy atom. The van der Waals surface area contributed by atoms with Crippen LogP contribution in [0.2, 0.25) is 0 Å². The first-order chi connectivity index (χ1) is 10.4. The van der Waals surface area contributed by atoms with Gasteiger partial charge >= 0.3 is 0 Å². The van der Waals surface area contributed by atoms with Crippen molar-refractivity contribution in [2.75, 3.05) is 0 Å². The number of aromatic nitrogens is 3. The van der Waals surface area contributed by atoms with Gasteiger partial charge in [-0.2, -0.15) is 0 Å². The molecule has 0 atom stereocenters. The van der Waals surface area contributed by atoms with E-state index in [0.29, 0.717) is 5.92 Å². The lowest BCUT2D eigenvalue weighted by molar-refractivity contribution is 0.755. The van der Waals surface area contributed by atoms with Gasteiger partial charge in [0.05, 0.1) is 21.6 Å². The summed E-state index contributed by atoms with van der Waals surface area (Å²) >= 11 is 1.71. The maximum Gasteiger partial charge on any atom is 0.161 e. The van der Waals surface area contributed by atoms with Crippen molar-refractivity contribution in [3.8, 4) is 11.4 Å². The number of rotatable bonds is 2. The highest BCUT2D eigenvalue weighted by Crippen LogP contribution is 2.42. The monoisotopic (exact) mass is 294 g/mol. The van der Waals surface area contributed by atoms with Gasteiger partial charge in [-0.05, 0) is 30.4 Å². The van der Waals surface area contributed by atoms with E-state index in [2.05, 4.69) is 21.7 Å². The molecule has 5 heteroatoms. The lowest BCUT2D eigenvalue weighted by atomic mass is 10.1. The van der Waals surface area contributed by atoms with E-state index in [1.807, 2.05) is 12.3 Å². The molecule has 104 valence electrons. The van der Waals surface area contributed by atoms with Gasteiger partial charge in [-0.15, -0.1) is 11.3 Å². The minimum Gasteiger partial charge on any atom is -0.307 e. The zero-order valence-corrected chi connectivity index (χ0v) is 12.3. The number of nitrogens with one attached hydrogen (secondary N) is 1. The molecular weight excluding hydrogens is 280 g/mol. The highest BCUT2D eigenvalue weighted by molar-refractivity contribution is 7.17. The Morgan fingerprint density at radius 2 is 2.14 bits per heavy atom. The van der Waals surface area contributed by atoms with E-state index in [9.17, 15) is 0 Å². The molecular formula is C16H14N4S. The molecule has 0 radical (unpaired) electrons. The predicted octanol–water partition coefficient (Wildman–Crippen LogP) is 3.23. The van der Waals surface area contributed by atoms with Crippen LogP contribution in [-0.2, 0) is 13.1 Å². The molecule has 1 aliphatic heterocycles. The lowest BCUT2D eigenvalue weighted by Gasteiger charge is -2.08. The maximum atomic E-state index is 4.88. The molecule has 4 heterocycles. The summed E-state index contributed by atoms with van der Waals surface area (Å²) in [6.45, 7) is 1.78. The Bertz CT molecular complexity index is 851. The summed E-state index contributed by atoms with van der Waals surface area (Å²) in [5.74, 6) is 1.49. The van der Waals surface area contributed by atoms with Crippen LogP contribution in [0, 0.1) is 0 Å². The Hall–Kier alpha value is -1.85. The number of hydrogen-bond acceptors (Lipinski definition) is 5. The van der Waals surface area contributed by atoms with Gasteiger partial charge in [-0.25, -0.2) is 9.97 Å². The summed E-state index contributed by atoms with van der Waals surface area (Å²) in [5, 5.41) is 5.47. The molecule has 0 bridgehead atoms. The number of fused-ring (bicyclic) bond motifs is 2. The van der Waals surface area contributed by atoms with E-state index in [1.54, 1.807) is 11.3 Å². The zero-order chi connectivity index (χ0) is 13.8. The largest absolute Gasteiger partial charge is 0.307 e. The minimum atomic E-state index is 0.652. The molecule has 0 aromatic carbocycles. The third kappa shape index (κ3) is 1.88. The second-order valence-electron chi connectivity index (χ2n) is 5.76. The molecule has 3 aromatic rings. The molecule has 0 spiro atoms. The molecule has 5 rings (SSSR count). The normalized spacial score (nSPS) is 17.3. The Morgan fingerprint density at radius 3 is 3.05 bits per heavy atom. The summed E-state index contributed by atoms with van der Waals surface area (Å²) in [5.41, 5.74) is 5.86. The second kappa shape index (κ2) is 4.32. The highest BCUT2D eigenvalue weighted by atomic mass is 32.1. The zero-order valence-electron chi connectivity index (χ0n) is 11.5. The van der Waals surface area contributed by atoms with E-state index < -0.39 is 0 Å². The van der Waals surface area contributed by atoms with E-state index in [0.717, 1.165) is 30.0 Å². The van der Waals surface area contributed by atoms with Gasteiger partial charge in [-0.1, -0.05) is 0 Å². The summed E-state index contributed by atoms with van der Waals surface area (Å²) in [6.07, 6.45) is 4.44. The first-order valence-corrected chi connectivity index (χ1v) is 8.20. The molecule has 1 fully saturated rings. The predicted molar refractivity (Wildman–Crippen MR) is 83.2 cm³/mol. The van der Waals surface area contributed by atoms with Gasteiger partial charge in [0.15, 0.2) is 5.82 Å². The van der Waals surface area contributed by atoms with Crippen molar-refractivity contribution in [2.45, 2.75) is 31.8 Å². The third-order valence-corrected chi connectivity index (χ3v) is 5.10. The van der Waals surface area contributed by atoms with Gasteiger partial charge in [0.2, 0.25) is 0 Å². The fourth-order valence-electron chi connectivity index (χ4n) is 2.99. The Balaban J connectivity index is 1.69. The highest BCUT2D eigenvalue weighted by Gasteiger charge is 2.31. The van der Waals surface area contributed by atoms with Crippen molar-refractivity contribution >= 4 is 21.6 Å². The molecule has 2 aliphatic rings. The summed E-state index contributed by atoms with van der Waals surface area (Å²) in [7, 11) is 0. The summed E-state index contributed by atoms with van der Waals surface area (Å²) in [6, 6.07) is 4.21. The van der Waals surface area contributed by atoms with Gasteiger partial charge in [-0.3, -0.25) is 4.98 Å². The van der Waals surface area contributed by atoms with Crippen molar-refractivity contribution in [1.29, 1.82) is 0 Å². The second-order valence-corrected chi connectivity index (χ2v) is 6.71. The van der Waals surface area contributed by atoms with Crippen LogP contribution in [0.3, 0.4) is 0 Å². The summed E-state index contributed by atoms with van der Waals surface area (Å²) in [4.78, 5) is 14.2. The third-order valence-electron chi connectivity index (χ3n) is 4.24. The molecule has 0 unspecified atom stereocenters. The van der Waals surface area contributed by atoms with E-state index in [4.69, 9.17) is 9.97 Å². The minimum absolute atomic E-state index is 0.652. The van der Waals surface area contributed by atoms with Crippen LogP contribution in [0.25, 0.3) is 21.6 Å². The average molecular weight is 294 g/mol. The fraction of sp³-hybridized carbons (Fsp3) is 0.312. The van der Waals surface area contributed by atoms with Crippen LogP contribution in [0.15, 0.2) is 23.7 Å². The molecule has 3 aromatic heterocycles. The van der Waals surface area contributed by atoms with E-state index >= 15 is 0 Å². The van der Waals surface area contributed by atoms with Crippen LogP contribution < -0.4 is 5.32 Å². The number of pyridine rings is 1. The Kier molecular flexibility index (Phi) is 2.42. The van der Waals surface area contributed by atoms with Crippen molar-refractivity contribution in [2.24, 2.45) is 0 Å². The van der Waals surface area contributed by atoms with Crippen molar-refractivity contribution in [1.82, 2.24) is 20.3 Å². The van der Waals surface area contributed by atoms with Crippen molar-refractivity contribution in [3.63, 3.8) is 0 Å². The lowest BCUT2D eigenvalue weighted by Crippen LogP contribution is -2.02. The van der Waals surface area contributed by atoms with Gasteiger partial charge in [0, 0.05) is 36.3 Å². The summed E-state index contributed by atoms with van der Waals surface area (Å²) < 4.78 is 1.20. The van der Waals surface area contributed by atoms with Gasteiger partial charge in [0.25, 0.3) is 0 Å². The smallest absolute Gasteiger partial charge is 0.161 e. The van der Waals surface area contributed by atoms with Gasteiger partial charge in [0.1, 0.15) is 0 Å². The number of nitrogens with zero attached hydrogens (tertiary/aromatic N) is 3. The van der Waals surface area contributed by atoms with E-state index in [-0.39, 0.29) is 0 Å². The van der Waals surface area contributed by atoms with Crippen LogP contribution in [-0.4, -0.2) is 15.0 Å². The molecule has 1 saturated carbocycles. The maximum absolute atomic E-state index is 4.88. The quantitative estimate of drug-likeness (QED) is 0.788. The molecule has 21 heavy (non-hydrogen) atoms. The van der Waals surface area contributed by atoms with Crippen LogP contribution in [0.5, 0.6) is 0 Å². The number of thiophene rings is 1. The van der Waals surface area contributed by atoms with Crippen LogP contribution >= 0.6 is 11.3 Å². The molecule has 1 aliphatic carbocycles. The standard InChI is InChI=1S/C16H14N4S/c1-2-9(1)15-11-7-17-8-13(11)19-16(20-15)10-5-14-12(18-6-10)3-4-21-14/h3-6,9,17H,1-2,7-8H2. The Labute approximate surface area is 126 Å². The first-order valence-electron chi connectivity index (χ1n) is 7.32. The molecule has 1 N–H and O–H groups in total. The number of hydrogen-bond donors (Lipinski definition) is 1. The van der Waals surface area contributed by atoms with Gasteiger partial charge < -0.3 is 5.32 Å². The molecule has 4 nitrogen and oxygen atoms in total.